The lowest BCUT2D eigenvalue weighted by molar-refractivity contribution is -0.120. The van der Waals surface area contributed by atoms with Crippen LogP contribution in [-0.2, 0) is 9.53 Å². The van der Waals surface area contributed by atoms with Crippen LogP contribution in [0.3, 0.4) is 0 Å². The van der Waals surface area contributed by atoms with Crippen molar-refractivity contribution in [3.05, 3.63) is 35.4 Å². The molecule has 0 saturated heterocycles. The summed E-state index contributed by atoms with van der Waals surface area (Å²) in [6.45, 7) is 5.65. The lowest BCUT2D eigenvalue weighted by atomic mass is 10.1. The molecule has 0 bridgehead atoms. The summed E-state index contributed by atoms with van der Waals surface area (Å²) in [6, 6.07) is 8.21. The molecule has 1 amide bonds. The second kappa shape index (κ2) is 9.78. The van der Waals surface area contributed by atoms with Gasteiger partial charge in [0.05, 0.1) is 19.2 Å². The van der Waals surface area contributed by atoms with Gasteiger partial charge in [0, 0.05) is 13.7 Å². The molecule has 1 unspecified atom stereocenters. The van der Waals surface area contributed by atoms with Crippen LogP contribution in [-0.4, -0.2) is 32.7 Å². The van der Waals surface area contributed by atoms with Gasteiger partial charge in [-0.3, -0.25) is 4.79 Å². The maximum absolute atomic E-state index is 11.6. The van der Waals surface area contributed by atoms with Gasteiger partial charge in [-0.1, -0.05) is 29.8 Å². The normalized spacial score (nSPS) is 11.5. The standard InChI is InChI=1S/C14H22N2O2.ClH/c1-11-4-6-13(7-5-11)12(2)16-14(17)10-15-8-9-18-3;/h4-7,12,15H,8-10H2,1-3H3,(H,16,17);1H. The van der Waals surface area contributed by atoms with E-state index < -0.39 is 0 Å². The number of nitrogens with one attached hydrogen (secondary N) is 2. The second-order valence-corrected chi connectivity index (χ2v) is 4.37. The Morgan fingerprint density at radius 3 is 2.53 bits per heavy atom. The number of ether oxygens (including phenoxy) is 1. The zero-order valence-corrected chi connectivity index (χ0v) is 12.5. The van der Waals surface area contributed by atoms with Gasteiger partial charge < -0.3 is 15.4 Å². The average Bonchev–Trinajstić information content (AvgIpc) is 2.35. The summed E-state index contributed by atoms with van der Waals surface area (Å²) in [5.74, 6) is -0.000761. The first-order chi connectivity index (χ1) is 8.63. The van der Waals surface area contributed by atoms with Crippen LogP contribution in [0.1, 0.15) is 24.1 Å². The summed E-state index contributed by atoms with van der Waals surface area (Å²) in [7, 11) is 1.64. The number of carbonyl (C=O) groups excluding carboxylic acids is 1. The molecule has 1 aromatic rings. The molecule has 0 radical (unpaired) electrons. The van der Waals surface area contributed by atoms with E-state index >= 15 is 0 Å². The molecule has 1 rings (SSSR count). The van der Waals surface area contributed by atoms with Gasteiger partial charge >= 0.3 is 0 Å². The van der Waals surface area contributed by atoms with Crippen molar-refractivity contribution in [2.45, 2.75) is 19.9 Å². The number of hydrogen-bond acceptors (Lipinski definition) is 3. The van der Waals surface area contributed by atoms with E-state index in [1.165, 1.54) is 5.56 Å². The van der Waals surface area contributed by atoms with Crippen LogP contribution in [0.15, 0.2) is 24.3 Å². The van der Waals surface area contributed by atoms with Gasteiger partial charge in [0.15, 0.2) is 0 Å². The Bertz CT molecular complexity index is 368. The van der Waals surface area contributed by atoms with Crippen molar-refractivity contribution in [1.29, 1.82) is 0 Å². The van der Waals surface area contributed by atoms with Gasteiger partial charge in [-0.2, -0.15) is 0 Å². The molecule has 1 atom stereocenters. The maximum atomic E-state index is 11.6. The van der Waals surface area contributed by atoms with Crippen LogP contribution in [0.4, 0.5) is 0 Å². The van der Waals surface area contributed by atoms with E-state index in [-0.39, 0.29) is 24.4 Å². The van der Waals surface area contributed by atoms with Crippen molar-refractivity contribution in [3.8, 4) is 0 Å². The Hall–Kier alpha value is -1.10. The quantitative estimate of drug-likeness (QED) is 0.752. The van der Waals surface area contributed by atoms with E-state index in [2.05, 4.69) is 22.8 Å². The molecular weight excluding hydrogens is 264 g/mol. The van der Waals surface area contributed by atoms with E-state index in [1.54, 1.807) is 7.11 Å². The Morgan fingerprint density at radius 1 is 1.32 bits per heavy atom. The van der Waals surface area contributed by atoms with E-state index in [0.29, 0.717) is 19.7 Å². The van der Waals surface area contributed by atoms with Crippen LogP contribution >= 0.6 is 12.4 Å². The summed E-state index contributed by atoms with van der Waals surface area (Å²) >= 11 is 0. The molecule has 0 fully saturated rings. The number of carbonyl (C=O) groups is 1. The van der Waals surface area contributed by atoms with Gasteiger partial charge in [0.2, 0.25) is 5.91 Å². The molecule has 0 aliphatic rings. The fraction of sp³-hybridized carbons (Fsp3) is 0.500. The number of amides is 1. The zero-order chi connectivity index (χ0) is 13.4. The first kappa shape index (κ1) is 17.9. The molecule has 2 N–H and O–H groups in total. The van der Waals surface area contributed by atoms with Crippen LogP contribution in [0.5, 0.6) is 0 Å². The molecule has 5 heteroatoms. The van der Waals surface area contributed by atoms with Crippen molar-refractivity contribution in [3.63, 3.8) is 0 Å². The summed E-state index contributed by atoms with van der Waals surface area (Å²) in [6.07, 6.45) is 0. The fourth-order valence-electron chi connectivity index (χ4n) is 1.61. The average molecular weight is 287 g/mol. The molecule has 19 heavy (non-hydrogen) atoms. The highest BCUT2D eigenvalue weighted by atomic mass is 35.5. The molecule has 0 heterocycles. The Balaban J connectivity index is 0.00000324. The highest BCUT2D eigenvalue weighted by Crippen LogP contribution is 2.12. The Kier molecular flexibility index (Phi) is 9.21. The molecule has 0 saturated carbocycles. The number of benzene rings is 1. The van der Waals surface area contributed by atoms with Gasteiger partial charge in [-0.25, -0.2) is 0 Å². The monoisotopic (exact) mass is 286 g/mol. The van der Waals surface area contributed by atoms with Crippen LogP contribution in [0, 0.1) is 6.92 Å². The van der Waals surface area contributed by atoms with Gasteiger partial charge in [0.25, 0.3) is 0 Å². The lowest BCUT2D eigenvalue weighted by Crippen LogP contribution is -2.36. The Morgan fingerprint density at radius 2 is 1.95 bits per heavy atom. The Labute approximate surface area is 121 Å². The van der Waals surface area contributed by atoms with Crippen molar-refractivity contribution in [2.75, 3.05) is 26.8 Å². The lowest BCUT2D eigenvalue weighted by Gasteiger charge is -2.14. The molecule has 0 aliphatic carbocycles. The number of hydrogen-bond donors (Lipinski definition) is 2. The first-order valence-electron chi connectivity index (χ1n) is 6.19. The summed E-state index contributed by atoms with van der Waals surface area (Å²) < 4.78 is 4.89. The van der Waals surface area contributed by atoms with Crippen molar-refractivity contribution < 1.29 is 9.53 Å². The number of aryl methyl sites for hydroxylation is 1. The second-order valence-electron chi connectivity index (χ2n) is 4.37. The van der Waals surface area contributed by atoms with Gasteiger partial charge in [-0.05, 0) is 19.4 Å². The summed E-state index contributed by atoms with van der Waals surface area (Å²) in [5, 5.41) is 5.97. The number of methoxy groups -OCH3 is 1. The van der Waals surface area contributed by atoms with Gasteiger partial charge in [0.1, 0.15) is 0 Å². The predicted molar refractivity (Wildman–Crippen MR) is 79.7 cm³/mol. The molecule has 0 aliphatic heterocycles. The minimum Gasteiger partial charge on any atom is -0.383 e. The van der Waals surface area contributed by atoms with Crippen LogP contribution in [0.2, 0.25) is 0 Å². The molecule has 108 valence electrons. The van der Waals surface area contributed by atoms with E-state index in [9.17, 15) is 4.79 Å². The van der Waals surface area contributed by atoms with Crippen molar-refractivity contribution in [2.24, 2.45) is 0 Å². The van der Waals surface area contributed by atoms with Crippen molar-refractivity contribution in [1.82, 2.24) is 10.6 Å². The van der Waals surface area contributed by atoms with Crippen LogP contribution < -0.4 is 10.6 Å². The highest BCUT2D eigenvalue weighted by molar-refractivity contribution is 5.85. The third-order valence-corrected chi connectivity index (χ3v) is 2.72. The topological polar surface area (TPSA) is 50.4 Å². The highest BCUT2D eigenvalue weighted by Gasteiger charge is 2.08. The number of rotatable bonds is 7. The largest absolute Gasteiger partial charge is 0.383 e. The third kappa shape index (κ3) is 7.15. The summed E-state index contributed by atoms with van der Waals surface area (Å²) in [5.41, 5.74) is 2.34. The van der Waals surface area contributed by atoms with Gasteiger partial charge in [-0.15, -0.1) is 12.4 Å². The zero-order valence-electron chi connectivity index (χ0n) is 11.7. The SMILES string of the molecule is COCCNCC(=O)NC(C)c1ccc(C)cc1.Cl. The fourth-order valence-corrected chi connectivity index (χ4v) is 1.61. The van der Waals surface area contributed by atoms with E-state index in [0.717, 1.165) is 5.56 Å². The van der Waals surface area contributed by atoms with Crippen molar-refractivity contribution >= 4 is 18.3 Å². The minimum atomic E-state index is -0.000761. The smallest absolute Gasteiger partial charge is 0.234 e. The molecular formula is C14H23ClN2O2. The molecule has 4 nitrogen and oxygen atoms in total. The molecule has 1 aromatic carbocycles. The third-order valence-electron chi connectivity index (χ3n) is 2.72. The molecule has 0 spiro atoms. The molecule has 0 aromatic heterocycles. The minimum absolute atomic E-state index is 0. The van der Waals surface area contributed by atoms with Crippen LogP contribution in [0.25, 0.3) is 0 Å². The number of halogens is 1. The van der Waals surface area contributed by atoms with E-state index in [1.807, 2.05) is 26.0 Å². The maximum Gasteiger partial charge on any atom is 0.234 e. The summed E-state index contributed by atoms with van der Waals surface area (Å²) in [4.78, 5) is 11.6. The predicted octanol–water partition coefficient (Wildman–Crippen LogP) is 1.83. The first-order valence-corrected chi connectivity index (χ1v) is 6.19. The van der Waals surface area contributed by atoms with E-state index in [4.69, 9.17) is 4.74 Å².